The second kappa shape index (κ2) is 10.6. The summed E-state index contributed by atoms with van der Waals surface area (Å²) in [7, 11) is 0. The third kappa shape index (κ3) is 3.94. The van der Waals surface area contributed by atoms with Crippen molar-refractivity contribution in [1.82, 2.24) is 0 Å². The fourth-order valence-corrected chi connectivity index (χ4v) is 10.2. The monoisotopic (exact) mass is 672 g/mol. The largest absolute Gasteiger partial charge is 0.317 e. The van der Waals surface area contributed by atoms with Crippen molar-refractivity contribution in [3.63, 3.8) is 0 Å². The van der Waals surface area contributed by atoms with E-state index in [0.29, 0.717) is 0 Å². The number of anilines is 10. The van der Waals surface area contributed by atoms with E-state index in [1.54, 1.807) is 0 Å². The molecular formula is C45H33BN4S. The molecule has 0 fully saturated rings. The van der Waals surface area contributed by atoms with Crippen LogP contribution in [0, 0.1) is 0 Å². The molecule has 0 amide bonds. The summed E-state index contributed by atoms with van der Waals surface area (Å²) in [4.78, 5) is 12.7. The topological polar surface area (TPSA) is 13.0 Å². The maximum atomic E-state index is 2.64. The van der Waals surface area contributed by atoms with Crippen LogP contribution in [0.5, 0.6) is 0 Å². The van der Waals surface area contributed by atoms with Gasteiger partial charge in [0.15, 0.2) is 0 Å². The number of nitrogens with zero attached hydrogens (tertiary/aromatic N) is 4. The molecular weight excluding hydrogens is 639 g/mol. The lowest BCUT2D eigenvalue weighted by atomic mass is 9.33. The second-order valence-electron chi connectivity index (χ2n) is 14.1. The molecule has 0 saturated carbocycles. The minimum Gasteiger partial charge on any atom is -0.317 e. The molecule has 51 heavy (non-hydrogen) atoms. The molecule has 0 unspecified atom stereocenters. The van der Waals surface area contributed by atoms with E-state index < -0.39 is 5.66 Å². The van der Waals surface area contributed by atoms with Gasteiger partial charge in [0.05, 0.1) is 28.4 Å². The predicted molar refractivity (Wildman–Crippen MR) is 216 cm³/mol. The van der Waals surface area contributed by atoms with Gasteiger partial charge in [0.2, 0.25) is 0 Å². The Hall–Kier alpha value is -5.85. The normalized spacial score (nSPS) is 15.5. The summed E-state index contributed by atoms with van der Waals surface area (Å²) in [5.74, 6) is 0. The van der Waals surface area contributed by atoms with Gasteiger partial charge in [-0.1, -0.05) is 103 Å². The number of rotatable bonds is 3. The Morgan fingerprint density at radius 3 is 1.67 bits per heavy atom. The summed E-state index contributed by atoms with van der Waals surface area (Å²) >= 11 is 1.85. The first-order chi connectivity index (χ1) is 25.1. The maximum absolute atomic E-state index is 2.64. The minimum atomic E-state index is -0.404. The average Bonchev–Trinajstić information content (AvgIpc) is 3.42. The highest BCUT2D eigenvalue weighted by Crippen LogP contribution is 2.57. The maximum Gasteiger partial charge on any atom is 0.252 e. The van der Waals surface area contributed by atoms with Crippen molar-refractivity contribution in [3.8, 4) is 0 Å². The van der Waals surface area contributed by atoms with E-state index in [-0.39, 0.29) is 6.71 Å². The van der Waals surface area contributed by atoms with Gasteiger partial charge in [0.1, 0.15) is 5.66 Å². The number of fused-ring (bicyclic) bond motifs is 6. The molecule has 0 atom stereocenters. The van der Waals surface area contributed by atoms with E-state index in [1.807, 2.05) is 11.8 Å². The lowest BCUT2D eigenvalue weighted by molar-refractivity contribution is 0.541. The molecule has 4 aliphatic rings. The van der Waals surface area contributed by atoms with Gasteiger partial charge in [-0.2, -0.15) is 0 Å². The van der Waals surface area contributed by atoms with E-state index in [2.05, 4.69) is 197 Å². The number of para-hydroxylation sites is 6. The van der Waals surface area contributed by atoms with Crippen LogP contribution < -0.4 is 36.0 Å². The predicted octanol–water partition coefficient (Wildman–Crippen LogP) is 10.3. The summed E-state index contributed by atoms with van der Waals surface area (Å²) in [6.07, 6.45) is 0. The Morgan fingerprint density at radius 1 is 0.431 bits per heavy atom. The van der Waals surface area contributed by atoms with E-state index >= 15 is 0 Å². The van der Waals surface area contributed by atoms with Crippen molar-refractivity contribution in [2.24, 2.45) is 0 Å². The summed E-state index contributed by atoms with van der Waals surface area (Å²) in [6, 6.07) is 60.3. The smallest absolute Gasteiger partial charge is 0.252 e. The molecule has 4 heterocycles. The molecule has 0 saturated heterocycles. The molecule has 11 rings (SSSR count). The van der Waals surface area contributed by atoms with Crippen molar-refractivity contribution in [1.29, 1.82) is 0 Å². The molecule has 0 radical (unpaired) electrons. The van der Waals surface area contributed by atoms with Gasteiger partial charge in [-0.15, -0.1) is 0 Å². The van der Waals surface area contributed by atoms with Crippen LogP contribution in [0.2, 0.25) is 0 Å². The first-order valence-corrected chi connectivity index (χ1v) is 18.5. The summed E-state index contributed by atoms with van der Waals surface area (Å²) < 4.78 is 0. The second-order valence-corrected chi connectivity index (χ2v) is 15.2. The number of benzene rings is 7. The third-order valence-electron chi connectivity index (χ3n) is 11.0. The first-order valence-electron chi connectivity index (χ1n) is 17.7. The lowest BCUT2D eigenvalue weighted by Gasteiger charge is -2.47. The zero-order valence-electron chi connectivity index (χ0n) is 28.4. The number of hydrogen-bond donors (Lipinski definition) is 0. The van der Waals surface area contributed by atoms with Crippen LogP contribution >= 0.6 is 11.8 Å². The Kier molecular flexibility index (Phi) is 6.00. The number of hydrogen-bond acceptors (Lipinski definition) is 5. The van der Waals surface area contributed by atoms with Gasteiger partial charge in [-0.25, -0.2) is 0 Å². The molecule has 0 aromatic heterocycles. The Balaban J connectivity index is 1.26. The minimum absolute atomic E-state index is 0.0782. The van der Waals surface area contributed by atoms with Gasteiger partial charge in [0, 0.05) is 38.2 Å². The van der Waals surface area contributed by atoms with Crippen LogP contribution in [0.3, 0.4) is 0 Å². The average molecular weight is 673 g/mol. The van der Waals surface area contributed by atoms with Crippen molar-refractivity contribution in [3.05, 3.63) is 164 Å². The van der Waals surface area contributed by atoms with Crippen LogP contribution in [0.25, 0.3) is 0 Å². The summed E-state index contributed by atoms with van der Waals surface area (Å²) in [6.45, 7) is 4.82. The van der Waals surface area contributed by atoms with E-state index in [4.69, 9.17) is 0 Å². The highest BCUT2D eigenvalue weighted by atomic mass is 32.2. The Morgan fingerprint density at radius 2 is 0.961 bits per heavy atom. The summed E-state index contributed by atoms with van der Waals surface area (Å²) in [5.41, 5.74) is 15.8. The van der Waals surface area contributed by atoms with Crippen LogP contribution in [-0.2, 0) is 0 Å². The highest BCUT2D eigenvalue weighted by Gasteiger charge is 2.53. The zero-order valence-corrected chi connectivity index (χ0v) is 29.2. The molecule has 0 N–H and O–H groups in total. The SMILES string of the molecule is CC1(C)N(c2ccccc2)c2cccc3c2N1c1cc(N2c4ccccc4Sc4ccccc42)cc2c1B3c1ccccc1N2c1ccccc1. The third-order valence-corrected chi connectivity index (χ3v) is 12.1. The first kappa shape index (κ1) is 28.9. The fraction of sp³-hybridized carbons (Fsp3) is 0.0667. The van der Waals surface area contributed by atoms with Crippen LogP contribution in [0.1, 0.15) is 13.8 Å². The van der Waals surface area contributed by atoms with Gasteiger partial charge in [-0.05, 0) is 103 Å². The molecule has 7 aromatic rings. The molecule has 6 heteroatoms. The van der Waals surface area contributed by atoms with Crippen LogP contribution in [0.15, 0.2) is 174 Å². The van der Waals surface area contributed by atoms with E-state index in [9.17, 15) is 0 Å². The highest BCUT2D eigenvalue weighted by molar-refractivity contribution is 7.99. The lowest BCUT2D eigenvalue weighted by Crippen LogP contribution is -2.63. The van der Waals surface area contributed by atoms with Crippen molar-refractivity contribution >= 4 is 91.7 Å². The van der Waals surface area contributed by atoms with Crippen LogP contribution in [0.4, 0.5) is 56.9 Å². The molecule has 242 valence electrons. The Bertz CT molecular complexity index is 2490. The van der Waals surface area contributed by atoms with Crippen molar-refractivity contribution in [2.45, 2.75) is 29.3 Å². The van der Waals surface area contributed by atoms with E-state index in [1.165, 1.54) is 71.7 Å². The van der Waals surface area contributed by atoms with Crippen molar-refractivity contribution in [2.75, 3.05) is 19.6 Å². The molecule has 0 aliphatic carbocycles. The Labute approximate surface area is 303 Å². The molecule has 4 aliphatic heterocycles. The van der Waals surface area contributed by atoms with Crippen LogP contribution in [-0.4, -0.2) is 12.4 Å². The standard InChI is InChI=1S/C45H33BN4S/c1-45(2)49(31-18-7-4-8-19-31)38-25-15-21-34-44(38)50(45)40-29-32(48-36-23-11-13-26-41(36)51-42-27-14-12-24-37(42)48)28-39-43(40)46(34)33-20-9-10-22-35(33)47(39)30-16-5-3-6-17-30/h3-29H,1-2H3. The van der Waals surface area contributed by atoms with Gasteiger partial charge >= 0.3 is 0 Å². The molecule has 7 aromatic carbocycles. The zero-order chi connectivity index (χ0) is 33.8. The van der Waals surface area contributed by atoms with Gasteiger partial charge in [0.25, 0.3) is 6.71 Å². The molecule has 0 spiro atoms. The van der Waals surface area contributed by atoms with Gasteiger partial charge < -0.3 is 19.6 Å². The quantitative estimate of drug-likeness (QED) is 0.173. The molecule has 0 bridgehead atoms. The molecule has 4 nitrogen and oxygen atoms in total. The van der Waals surface area contributed by atoms with Gasteiger partial charge in [-0.3, -0.25) is 0 Å². The van der Waals surface area contributed by atoms with E-state index in [0.717, 1.165) is 11.4 Å². The fourth-order valence-electron chi connectivity index (χ4n) is 9.11. The summed E-state index contributed by atoms with van der Waals surface area (Å²) in [5, 5.41) is 0. The van der Waals surface area contributed by atoms with Crippen molar-refractivity contribution < 1.29 is 0 Å².